The number of benzene rings is 1. The molecule has 0 saturated carbocycles. The summed E-state index contributed by atoms with van der Waals surface area (Å²) in [7, 11) is -3.41. The summed E-state index contributed by atoms with van der Waals surface area (Å²) in [4.78, 5) is 16.1. The van der Waals surface area contributed by atoms with Crippen LogP contribution >= 0.6 is 0 Å². The van der Waals surface area contributed by atoms with E-state index in [2.05, 4.69) is 10.3 Å². The van der Waals surface area contributed by atoms with Crippen molar-refractivity contribution in [3.05, 3.63) is 59.4 Å². The molecule has 0 fully saturated rings. The third-order valence-corrected chi connectivity index (χ3v) is 5.08. The summed E-state index contributed by atoms with van der Waals surface area (Å²) in [5.41, 5.74) is 3.60. The molecule has 0 radical (unpaired) electrons. The van der Waals surface area contributed by atoms with Gasteiger partial charge in [0.25, 0.3) is 0 Å². The van der Waals surface area contributed by atoms with E-state index < -0.39 is 10.0 Å². The molecule has 0 spiro atoms. The van der Waals surface area contributed by atoms with Gasteiger partial charge in [0.05, 0.1) is 6.26 Å². The van der Waals surface area contributed by atoms with E-state index in [4.69, 9.17) is 0 Å². The smallest absolute Gasteiger partial charge is 0.225 e. The first kappa shape index (κ1) is 19.1. The fourth-order valence-corrected chi connectivity index (χ4v) is 3.17. The molecule has 1 heterocycles. The number of pyridine rings is 1. The van der Waals surface area contributed by atoms with Crippen LogP contribution in [0.4, 0.5) is 5.69 Å². The number of anilines is 1. The van der Waals surface area contributed by atoms with Crippen LogP contribution < -0.4 is 5.32 Å². The summed E-state index contributed by atoms with van der Waals surface area (Å²) in [5.74, 6) is -0.211. The van der Waals surface area contributed by atoms with E-state index in [1.54, 1.807) is 24.5 Å². The number of nitrogens with zero attached hydrogens (tertiary/aromatic N) is 2. The van der Waals surface area contributed by atoms with Gasteiger partial charge in [-0.15, -0.1) is 0 Å². The molecular weight excluding hydrogens is 338 g/mol. The second-order valence-electron chi connectivity index (χ2n) is 6.07. The fraction of sp³-hybridized carbons (Fsp3) is 0.333. The second kappa shape index (κ2) is 8.22. The van der Waals surface area contributed by atoms with Crippen LogP contribution in [0.2, 0.25) is 0 Å². The average molecular weight is 361 g/mol. The van der Waals surface area contributed by atoms with Gasteiger partial charge < -0.3 is 5.32 Å². The lowest BCUT2D eigenvalue weighted by molar-refractivity contribution is -0.116. The molecule has 2 aromatic rings. The SMILES string of the molecule is Cc1ccc(C)c(NC(=O)CCN(Cc2ccncc2)S(C)(=O)=O)c1. The zero-order chi connectivity index (χ0) is 18.4. The molecule has 1 aromatic heterocycles. The summed E-state index contributed by atoms with van der Waals surface area (Å²) >= 11 is 0. The maximum Gasteiger partial charge on any atom is 0.225 e. The minimum atomic E-state index is -3.41. The number of carbonyl (C=O) groups is 1. The van der Waals surface area contributed by atoms with Crippen LogP contribution in [0.25, 0.3) is 0 Å². The number of rotatable bonds is 7. The quantitative estimate of drug-likeness (QED) is 0.822. The van der Waals surface area contributed by atoms with Gasteiger partial charge in [0.1, 0.15) is 0 Å². The Hall–Kier alpha value is -2.25. The lowest BCUT2D eigenvalue weighted by Gasteiger charge is -2.20. The predicted octanol–water partition coefficient (Wildman–Crippen LogP) is 2.49. The highest BCUT2D eigenvalue weighted by atomic mass is 32.2. The molecule has 1 aromatic carbocycles. The largest absolute Gasteiger partial charge is 0.326 e. The zero-order valence-electron chi connectivity index (χ0n) is 14.7. The van der Waals surface area contributed by atoms with Crippen molar-refractivity contribution in [1.82, 2.24) is 9.29 Å². The molecule has 1 N–H and O–H groups in total. The molecule has 0 unspecified atom stereocenters. The maximum atomic E-state index is 12.2. The van der Waals surface area contributed by atoms with Crippen molar-refractivity contribution in [1.29, 1.82) is 0 Å². The second-order valence-corrected chi connectivity index (χ2v) is 8.05. The third kappa shape index (κ3) is 5.95. The van der Waals surface area contributed by atoms with Gasteiger partial charge in [-0.2, -0.15) is 4.31 Å². The van der Waals surface area contributed by atoms with E-state index in [-0.39, 0.29) is 25.4 Å². The highest BCUT2D eigenvalue weighted by Gasteiger charge is 2.18. The molecule has 0 atom stereocenters. The number of aryl methyl sites for hydroxylation is 2. The first-order chi connectivity index (χ1) is 11.8. The van der Waals surface area contributed by atoms with Crippen molar-refractivity contribution in [2.75, 3.05) is 18.1 Å². The molecule has 2 rings (SSSR count). The Morgan fingerprint density at radius 2 is 1.84 bits per heavy atom. The van der Waals surface area contributed by atoms with Gasteiger partial charge in [0.2, 0.25) is 15.9 Å². The van der Waals surface area contributed by atoms with Crippen LogP contribution in [0.5, 0.6) is 0 Å². The maximum absolute atomic E-state index is 12.2. The molecule has 0 aliphatic rings. The van der Waals surface area contributed by atoms with E-state index in [1.165, 1.54) is 4.31 Å². The predicted molar refractivity (Wildman–Crippen MR) is 98.7 cm³/mol. The first-order valence-electron chi connectivity index (χ1n) is 7.97. The third-order valence-electron chi connectivity index (χ3n) is 3.83. The number of carbonyl (C=O) groups excluding carboxylic acids is 1. The standard InChI is InChI=1S/C18H23N3O3S/c1-14-4-5-15(2)17(12-14)20-18(22)8-11-21(25(3,23)24)13-16-6-9-19-10-7-16/h4-7,9-10,12H,8,11,13H2,1-3H3,(H,20,22). The summed E-state index contributed by atoms with van der Waals surface area (Å²) in [6.45, 7) is 4.21. The number of hydrogen-bond acceptors (Lipinski definition) is 4. The number of aromatic nitrogens is 1. The molecule has 0 aliphatic carbocycles. The van der Waals surface area contributed by atoms with Crippen molar-refractivity contribution >= 4 is 21.6 Å². The minimum absolute atomic E-state index is 0.0888. The normalized spacial score (nSPS) is 11.5. The van der Waals surface area contributed by atoms with E-state index in [9.17, 15) is 13.2 Å². The van der Waals surface area contributed by atoms with Crippen LogP contribution in [0.15, 0.2) is 42.7 Å². The summed E-state index contributed by atoms with van der Waals surface area (Å²) in [6.07, 6.45) is 4.47. The van der Waals surface area contributed by atoms with Crippen molar-refractivity contribution in [3.63, 3.8) is 0 Å². The first-order valence-corrected chi connectivity index (χ1v) is 9.81. The number of nitrogens with one attached hydrogen (secondary N) is 1. The van der Waals surface area contributed by atoms with Gasteiger partial charge in [0.15, 0.2) is 0 Å². The van der Waals surface area contributed by atoms with Crippen LogP contribution in [0, 0.1) is 13.8 Å². The Labute approximate surface area is 148 Å². The van der Waals surface area contributed by atoms with Crippen LogP contribution in [0.1, 0.15) is 23.1 Å². The molecule has 25 heavy (non-hydrogen) atoms. The molecule has 0 bridgehead atoms. The van der Waals surface area contributed by atoms with Crippen molar-refractivity contribution in [2.45, 2.75) is 26.8 Å². The van der Waals surface area contributed by atoms with E-state index in [0.29, 0.717) is 0 Å². The van der Waals surface area contributed by atoms with Crippen molar-refractivity contribution in [2.24, 2.45) is 0 Å². The van der Waals surface area contributed by atoms with Crippen LogP contribution in [0.3, 0.4) is 0 Å². The van der Waals surface area contributed by atoms with Gasteiger partial charge in [-0.3, -0.25) is 9.78 Å². The fourth-order valence-electron chi connectivity index (χ4n) is 2.36. The van der Waals surface area contributed by atoms with Gasteiger partial charge in [-0.05, 0) is 48.7 Å². The van der Waals surface area contributed by atoms with Gasteiger partial charge in [0, 0.05) is 37.6 Å². The molecule has 1 amide bonds. The number of hydrogen-bond donors (Lipinski definition) is 1. The van der Waals surface area contributed by atoms with Gasteiger partial charge in [-0.25, -0.2) is 8.42 Å². The van der Waals surface area contributed by atoms with E-state index in [1.807, 2.05) is 32.0 Å². The lowest BCUT2D eigenvalue weighted by Crippen LogP contribution is -2.32. The monoisotopic (exact) mass is 361 g/mol. The topological polar surface area (TPSA) is 79.4 Å². The molecule has 6 nitrogen and oxygen atoms in total. The minimum Gasteiger partial charge on any atom is -0.326 e. The van der Waals surface area contributed by atoms with Gasteiger partial charge in [-0.1, -0.05) is 12.1 Å². The number of amides is 1. The van der Waals surface area contributed by atoms with Crippen LogP contribution in [-0.2, 0) is 21.4 Å². The molecule has 7 heteroatoms. The van der Waals surface area contributed by atoms with E-state index >= 15 is 0 Å². The highest BCUT2D eigenvalue weighted by Crippen LogP contribution is 2.17. The molecule has 0 saturated heterocycles. The Bertz CT molecular complexity index is 836. The van der Waals surface area contributed by atoms with E-state index in [0.717, 1.165) is 28.6 Å². The Balaban J connectivity index is 2.00. The van der Waals surface area contributed by atoms with Crippen molar-refractivity contribution < 1.29 is 13.2 Å². The summed E-state index contributed by atoms with van der Waals surface area (Å²) < 4.78 is 25.3. The average Bonchev–Trinajstić information content (AvgIpc) is 2.55. The number of sulfonamides is 1. The summed E-state index contributed by atoms with van der Waals surface area (Å²) in [6, 6.07) is 9.34. The van der Waals surface area contributed by atoms with Crippen molar-refractivity contribution in [3.8, 4) is 0 Å². The lowest BCUT2D eigenvalue weighted by atomic mass is 10.1. The zero-order valence-corrected chi connectivity index (χ0v) is 15.5. The Kier molecular flexibility index (Phi) is 6.27. The molecule has 0 aliphatic heterocycles. The van der Waals surface area contributed by atoms with Crippen LogP contribution in [-0.4, -0.2) is 36.4 Å². The summed E-state index contributed by atoms with van der Waals surface area (Å²) in [5, 5.41) is 2.85. The molecule has 134 valence electrons. The molecular formula is C18H23N3O3S. The highest BCUT2D eigenvalue weighted by molar-refractivity contribution is 7.88. The van der Waals surface area contributed by atoms with Gasteiger partial charge >= 0.3 is 0 Å². The Morgan fingerprint density at radius 3 is 2.48 bits per heavy atom. The Morgan fingerprint density at radius 1 is 1.16 bits per heavy atom.